The molecule has 2 N–H and O–H groups in total. The van der Waals surface area contributed by atoms with Crippen LogP contribution in [0.1, 0.15) is 44.0 Å². The van der Waals surface area contributed by atoms with Gasteiger partial charge in [0.2, 0.25) is 0 Å². The van der Waals surface area contributed by atoms with Crippen LogP contribution in [0.5, 0.6) is 0 Å². The van der Waals surface area contributed by atoms with Crippen LogP contribution in [-0.4, -0.2) is 37.5 Å². The smallest absolute Gasteiger partial charge is 0.550 e. The minimum Gasteiger partial charge on any atom is -0.550 e. The summed E-state index contributed by atoms with van der Waals surface area (Å²) in [7, 11) is 0. The Kier molecular flexibility index (Phi) is 10.6. The topological polar surface area (TPSA) is 108 Å². The fourth-order valence-corrected chi connectivity index (χ4v) is 5.66. The van der Waals surface area contributed by atoms with Crippen LogP contribution < -0.4 is 40.2 Å². The fraction of sp³-hybridized carbons (Fsp3) is 0.235. The maximum atomic E-state index is 14.4. The third kappa shape index (κ3) is 6.87. The predicted octanol–water partition coefficient (Wildman–Crippen LogP) is 1.80. The molecule has 5 rings (SSSR count). The largest absolute Gasteiger partial charge is 1.00 e. The maximum absolute atomic E-state index is 14.4. The molecule has 0 radical (unpaired) electrons. The van der Waals surface area contributed by atoms with Crippen molar-refractivity contribution < 1.29 is 58.5 Å². The Morgan fingerprint density at radius 2 is 1.68 bits per heavy atom. The summed E-state index contributed by atoms with van der Waals surface area (Å²) < 4.78 is 31.6. The number of rotatable bonds is 10. The van der Waals surface area contributed by atoms with Crippen molar-refractivity contribution in [2.45, 2.75) is 51.5 Å². The van der Waals surface area contributed by atoms with Gasteiger partial charge >= 0.3 is 29.6 Å². The molecule has 0 aliphatic rings. The molecule has 0 saturated heterocycles. The number of carboxylic acids is 1. The molecule has 0 amide bonds. The Morgan fingerprint density at radius 1 is 0.977 bits per heavy atom. The molecule has 7 nitrogen and oxygen atoms in total. The van der Waals surface area contributed by atoms with Crippen LogP contribution in [0.4, 0.5) is 8.78 Å². The average Bonchev–Trinajstić information content (AvgIpc) is 3.30. The molecule has 222 valence electrons. The van der Waals surface area contributed by atoms with Gasteiger partial charge < -0.3 is 29.2 Å². The van der Waals surface area contributed by atoms with E-state index in [4.69, 9.17) is 0 Å². The number of halogens is 2. The molecule has 3 aromatic carbocycles. The van der Waals surface area contributed by atoms with Gasteiger partial charge in [0.25, 0.3) is 5.56 Å². The molecular weight excluding hydrogens is 577 g/mol. The van der Waals surface area contributed by atoms with E-state index in [0.29, 0.717) is 38.8 Å². The summed E-state index contributed by atoms with van der Waals surface area (Å²) in [6.45, 7) is 3.95. The first-order valence-corrected chi connectivity index (χ1v) is 14.0. The molecule has 0 spiro atoms. The van der Waals surface area contributed by atoms with E-state index in [1.807, 2.05) is 42.7 Å². The van der Waals surface area contributed by atoms with Gasteiger partial charge in [-0.15, -0.1) is 0 Å². The summed E-state index contributed by atoms with van der Waals surface area (Å²) in [4.78, 5) is 25.3. The molecule has 10 heteroatoms. The van der Waals surface area contributed by atoms with Crippen molar-refractivity contribution in [2.24, 2.45) is 0 Å². The number of hydrogen-bond acceptors (Lipinski definition) is 5. The number of aromatic nitrogens is 2. The molecule has 0 saturated carbocycles. The standard InChI is InChI=1S/C34H32F2N2O5.Na/c1-20(2)38-29(15-14-25(39)17-26(40)18-30(41)42)31(22-10-12-23(35)13-11-22)32-27-8-3-4-9-28(27)37(34(43)33(32)38)19-21-6-5-7-24(36)16-21;/h3-16,20,25-26,39-40H,17-19H2,1-2H3,(H,41,42);/q;+1/p-1/t25-,26+;/m0./s1. The van der Waals surface area contributed by atoms with E-state index in [9.17, 15) is 33.7 Å². The predicted molar refractivity (Wildman–Crippen MR) is 160 cm³/mol. The Morgan fingerprint density at radius 3 is 2.34 bits per heavy atom. The number of carbonyl (C=O) groups excluding carboxylic acids is 1. The van der Waals surface area contributed by atoms with Crippen molar-refractivity contribution in [3.8, 4) is 11.1 Å². The second-order valence-electron chi connectivity index (χ2n) is 10.9. The van der Waals surface area contributed by atoms with Gasteiger partial charge in [0.05, 0.1) is 24.3 Å². The molecule has 44 heavy (non-hydrogen) atoms. The summed E-state index contributed by atoms with van der Waals surface area (Å²) in [5.41, 5.74) is 3.19. The third-order valence-electron chi connectivity index (χ3n) is 7.43. The molecule has 2 aromatic heterocycles. The van der Waals surface area contributed by atoms with Crippen molar-refractivity contribution in [1.29, 1.82) is 0 Å². The first-order valence-electron chi connectivity index (χ1n) is 14.0. The average molecular weight is 609 g/mol. The van der Waals surface area contributed by atoms with Crippen molar-refractivity contribution in [2.75, 3.05) is 0 Å². The number of nitrogens with zero attached hydrogens (tertiary/aromatic N) is 2. The number of aliphatic hydroxyl groups excluding tert-OH is 2. The van der Waals surface area contributed by atoms with Crippen LogP contribution in [0, 0.1) is 11.6 Å². The number of benzene rings is 3. The van der Waals surface area contributed by atoms with Crippen molar-refractivity contribution in [3.63, 3.8) is 0 Å². The number of carbonyl (C=O) groups is 1. The van der Waals surface area contributed by atoms with E-state index in [1.165, 1.54) is 30.3 Å². The van der Waals surface area contributed by atoms with Gasteiger partial charge in [-0.2, -0.15) is 0 Å². The van der Waals surface area contributed by atoms with E-state index in [1.54, 1.807) is 34.9 Å². The molecule has 0 fully saturated rings. The summed E-state index contributed by atoms with van der Waals surface area (Å²) in [5, 5.41) is 32.9. The molecule has 0 bridgehead atoms. The number of aliphatic hydroxyl groups is 2. The van der Waals surface area contributed by atoms with Crippen LogP contribution in [-0.2, 0) is 11.3 Å². The van der Waals surface area contributed by atoms with Crippen LogP contribution in [0.15, 0.2) is 83.7 Å². The van der Waals surface area contributed by atoms with Crippen LogP contribution >= 0.6 is 0 Å². The Balaban J connectivity index is 0.00000442. The number of hydrogen-bond donors (Lipinski definition) is 2. The van der Waals surface area contributed by atoms with Crippen LogP contribution in [0.3, 0.4) is 0 Å². The van der Waals surface area contributed by atoms with Gasteiger partial charge in [-0.3, -0.25) is 4.79 Å². The zero-order valence-electron chi connectivity index (χ0n) is 24.7. The van der Waals surface area contributed by atoms with E-state index >= 15 is 0 Å². The molecule has 0 aliphatic heterocycles. The summed E-state index contributed by atoms with van der Waals surface area (Å²) in [6, 6.07) is 19.2. The second kappa shape index (κ2) is 14.0. The van der Waals surface area contributed by atoms with Crippen molar-refractivity contribution >= 4 is 33.9 Å². The van der Waals surface area contributed by atoms with Crippen LogP contribution in [0.2, 0.25) is 0 Å². The second-order valence-corrected chi connectivity index (χ2v) is 10.9. The molecule has 2 atom stereocenters. The monoisotopic (exact) mass is 608 g/mol. The van der Waals surface area contributed by atoms with Gasteiger partial charge in [0.1, 0.15) is 17.2 Å². The first kappa shape index (κ1) is 33.3. The number of para-hydroxylation sites is 1. The SMILES string of the molecule is CC(C)n1c(C=C[C@H](O)C[C@@H](O)CC(=O)[O-])c(-c2ccc(F)cc2)c2c3ccccc3n(Cc3cccc(F)c3)c(=O)c21.[Na+]. The van der Waals surface area contributed by atoms with Gasteiger partial charge in [-0.25, -0.2) is 8.78 Å². The number of fused-ring (bicyclic) bond motifs is 3. The van der Waals surface area contributed by atoms with E-state index in [-0.39, 0.29) is 54.1 Å². The zero-order chi connectivity index (χ0) is 30.8. The molecular formula is C34H31F2N2NaO5. The quantitative estimate of drug-likeness (QED) is 0.235. The van der Waals surface area contributed by atoms with Crippen LogP contribution in [0.25, 0.3) is 39.0 Å². The minimum atomic E-state index is -1.43. The number of aliphatic carboxylic acids is 1. The van der Waals surface area contributed by atoms with Crippen molar-refractivity contribution in [3.05, 3.63) is 112 Å². The van der Waals surface area contributed by atoms with Gasteiger partial charge in [-0.1, -0.05) is 48.5 Å². The molecule has 0 unspecified atom stereocenters. The maximum Gasteiger partial charge on any atom is 1.00 e. The summed E-state index contributed by atoms with van der Waals surface area (Å²) in [6.07, 6.45) is -0.283. The molecule has 0 aliphatic carbocycles. The molecule has 5 aromatic rings. The Bertz CT molecular complexity index is 1900. The van der Waals surface area contributed by atoms with Gasteiger partial charge in [0, 0.05) is 46.9 Å². The van der Waals surface area contributed by atoms with Gasteiger partial charge in [0.15, 0.2) is 0 Å². The van der Waals surface area contributed by atoms with E-state index < -0.39 is 36.2 Å². The number of pyridine rings is 1. The normalized spacial score (nSPS) is 13.1. The minimum absolute atomic E-state index is 0. The van der Waals surface area contributed by atoms with Gasteiger partial charge in [-0.05, 0) is 61.4 Å². The fourth-order valence-electron chi connectivity index (χ4n) is 5.66. The van der Waals surface area contributed by atoms with Crippen molar-refractivity contribution in [1.82, 2.24) is 9.13 Å². The van der Waals surface area contributed by atoms with E-state index in [2.05, 4.69) is 0 Å². The summed E-state index contributed by atoms with van der Waals surface area (Å²) >= 11 is 0. The van der Waals surface area contributed by atoms with E-state index in [0.717, 1.165) is 5.39 Å². The third-order valence-corrected chi connectivity index (χ3v) is 7.43. The zero-order valence-corrected chi connectivity index (χ0v) is 26.7. The Hall–Kier alpha value is -3.60. The first-order chi connectivity index (χ1) is 20.5. The summed E-state index contributed by atoms with van der Waals surface area (Å²) in [5.74, 6) is -2.26. The Labute approximate surface area is 275 Å². The molecule has 2 heterocycles. The number of carboxylic acid groups (broad SMARTS) is 1.